The molecule has 2 aromatic rings. The predicted octanol–water partition coefficient (Wildman–Crippen LogP) is 3.22. The first kappa shape index (κ1) is 13.9. The summed E-state index contributed by atoms with van der Waals surface area (Å²) in [7, 11) is 0. The van der Waals surface area contributed by atoms with E-state index in [9.17, 15) is 18.0 Å². The van der Waals surface area contributed by atoms with E-state index in [0.29, 0.717) is 5.56 Å². The number of hydrogen-bond acceptors (Lipinski definition) is 3. The number of alkyl halides is 3. The van der Waals surface area contributed by atoms with Gasteiger partial charge in [0.1, 0.15) is 5.69 Å². The maximum Gasteiger partial charge on any atom is 0.433 e. The van der Waals surface area contributed by atoms with Crippen molar-refractivity contribution in [3.8, 4) is 17.0 Å². The maximum absolute atomic E-state index is 12.6. The van der Waals surface area contributed by atoms with Crippen molar-refractivity contribution < 1.29 is 22.7 Å². The summed E-state index contributed by atoms with van der Waals surface area (Å²) in [4.78, 5) is 14.1. The van der Waals surface area contributed by atoms with Gasteiger partial charge in [-0.3, -0.25) is 0 Å². The molecule has 0 aliphatic carbocycles. The van der Waals surface area contributed by atoms with Crippen molar-refractivity contribution in [1.29, 1.82) is 0 Å². The summed E-state index contributed by atoms with van der Waals surface area (Å²) in [5, 5.41) is 0. The second-order valence-corrected chi connectivity index (χ2v) is 3.83. The standard InChI is InChI=1S/C13H9F3N2O2/c14-13(15,16)10-7-6-9(8-4-2-1-3-5-8)11(18-10)20-12(17)19/h1-7H,(H2,17,19). The van der Waals surface area contributed by atoms with Crippen LogP contribution in [0, 0.1) is 0 Å². The van der Waals surface area contributed by atoms with Crippen molar-refractivity contribution in [1.82, 2.24) is 4.98 Å². The monoisotopic (exact) mass is 282 g/mol. The predicted molar refractivity (Wildman–Crippen MR) is 64.9 cm³/mol. The van der Waals surface area contributed by atoms with E-state index >= 15 is 0 Å². The highest BCUT2D eigenvalue weighted by molar-refractivity contribution is 5.74. The highest BCUT2D eigenvalue weighted by Gasteiger charge is 2.33. The Bertz CT molecular complexity index is 627. The Balaban J connectivity index is 2.54. The lowest BCUT2D eigenvalue weighted by Crippen LogP contribution is -2.19. The van der Waals surface area contributed by atoms with Crippen molar-refractivity contribution in [3.63, 3.8) is 0 Å². The number of aromatic nitrogens is 1. The van der Waals surface area contributed by atoms with Gasteiger partial charge in [0.05, 0.1) is 0 Å². The van der Waals surface area contributed by atoms with Crippen LogP contribution in [-0.2, 0) is 6.18 Å². The van der Waals surface area contributed by atoms with Gasteiger partial charge in [-0.2, -0.15) is 13.2 Å². The van der Waals surface area contributed by atoms with E-state index in [4.69, 9.17) is 5.73 Å². The number of primary amides is 1. The molecule has 0 saturated heterocycles. The highest BCUT2D eigenvalue weighted by atomic mass is 19.4. The number of pyridine rings is 1. The Kier molecular flexibility index (Phi) is 3.60. The number of benzene rings is 1. The molecule has 104 valence electrons. The molecule has 1 amide bonds. The van der Waals surface area contributed by atoms with Gasteiger partial charge in [0.25, 0.3) is 0 Å². The first-order chi connectivity index (χ1) is 9.38. The average Bonchev–Trinajstić information content (AvgIpc) is 2.38. The SMILES string of the molecule is NC(=O)Oc1nc(C(F)(F)F)ccc1-c1ccccc1. The third-order valence-corrected chi connectivity index (χ3v) is 2.43. The second-order valence-electron chi connectivity index (χ2n) is 3.83. The van der Waals surface area contributed by atoms with Gasteiger partial charge < -0.3 is 10.5 Å². The zero-order valence-corrected chi connectivity index (χ0v) is 10.0. The van der Waals surface area contributed by atoms with Crippen LogP contribution in [0.1, 0.15) is 5.69 Å². The molecule has 1 heterocycles. The molecule has 0 aliphatic rings. The summed E-state index contributed by atoms with van der Waals surface area (Å²) >= 11 is 0. The summed E-state index contributed by atoms with van der Waals surface area (Å²) < 4.78 is 42.4. The second kappa shape index (κ2) is 5.20. The van der Waals surface area contributed by atoms with Crippen molar-refractivity contribution in [2.24, 2.45) is 5.73 Å². The number of carbonyl (C=O) groups is 1. The number of halogens is 3. The van der Waals surface area contributed by atoms with Gasteiger partial charge in [-0.05, 0) is 17.7 Å². The number of ether oxygens (including phenoxy) is 1. The van der Waals surface area contributed by atoms with Crippen LogP contribution in [0.2, 0.25) is 0 Å². The Morgan fingerprint density at radius 2 is 1.75 bits per heavy atom. The molecule has 0 unspecified atom stereocenters. The first-order valence-electron chi connectivity index (χ1n) is 5.49. The molecule has 1 aromatic carbocycles. The lowest BCUT2D eigenvalue weighted by molar-refractivity contribution is -0.141. The molecule has 0 radical (unpaired) electrons. The molecule has 7 heteroatoms. The van der Waals surface area contributed by atoms with E-state index in [2.05, 4.69) is 9.72 Å². The van der Waals surface area contributed by atoms with Gasteiger partial charge in [-0.1, -0.05) is 30.3 Å². The van der Waals surface area contributed by atoms with Crippen LogP contribution >= 0.6 is 0 Å². The highest BCUT2D eigenvalue weighted by Crippen LogP contribution is 2.34. The molecule has 0 saturated carbocycles. The summed E-state index contributed by atoms with van der Waals surface area (Å²) in [6.07, 6.45) is -5.86. The minimum absolute atomic E-state index is 0.248. The quantitative estimate of drug-likeness (QED) is 0.919. The third-order valence-electron chi connectivity index (χ3n) is 2.43. The van der Waals surface area contributed by atoms with E-state index in [0.717, 1.165) is 6.07 Å². The topological polar surface area (TPSA) is 65.2 Å². The van der Waals surface area contributed by atoms with Crippen LogP contribution in [0.4, 0.5) is 18.0 Å². The molecule has 0 bridgehead atoms. The van der Waals surface area contributed by atoms with Gasteiger partial charge in [0.15, 0.2) is 0 Å². The van der Waals surface area contributed by atoms with Crippen LogP contribution < -0.4 is 10.5 Å². The summed E-state index contributed by atoms with van der Waals surface area (Å²) in [6, 6.07) is 10.4. The molecule has 0 atom stereocenters. The van der Waals surface area contributed by atoms with Crippen molar-refractivity contribution >= 4 is 6.09 Å². The summed E-state index contributed by atoms with van der Waals surface area (Å²) in [5.41, 5.74) is 4.50. The molecule has 2 N–H and O–H groups in total. The molecule has 0 aliphatic heterocycles. The van der Waals surface area contributed by atoms with E-state index in [-0.39, 0.29) is 5.56 Å². The third kappa shape index (κ3) is 3.05. The molecule has 20 heavy (non-hydrogen) atoms. The molecule has 0 spiro atoms. The Morgan fingerprint density at radius 3 is 2.30 bits per heavy atom. The Hall–Kier alpha value is -2.57. The zero-order chi connectivity index (χ0) is 14.8. The molecule has 4 nitrogen and oxygen atoms in total. The number of nitrogens with two attached hydrogens (primary N) is 1. The lowest BCUT2D eigenvalue weighted by atomic mass is 10.1. The smallest absolute Gasteiger partial charge is 0.391 e. The average molecular weight is 282 g/mol. The fourth-order valence-electron chi connectivity index (χ4n) is 1.61. The number of nitrogens with zero attached hydrogens (tertiary/aromatic N) is 1. The minimum atomic E-state index is -4.63. The van der Waals surface area contributed by atoms with Gasteiger partial charge >= 0.3 is 12.3 Å². The Labute approximate surface area is 112 Å². The van der Waals surface area contributed by atoms with E-state index in [1.807, 2.05) is 0 Å². The molecular formula is C13H9F3N2O2. The van der Waals surface area contributed by atoms with Crippen LogP contribution in [0.25, 0.3) is 11.1 Å². The number of hydrogen-bond donors (Lipinski definition) is 1. The summed E-state index contributed by atoms with van der Waals surface area (Å²) in [5.74, 6) is -0.474. The molecule has 1 aromatic heterocycles. The van der Waals surface area contributed by atoms with Gasteiger partial charge in [-0.25, -0.2) is 9.78 Å². The number of rotatable bonds is 2. The van der Waals surface area contributed by atoms with Gasteiger partial charge in [-0.15, -0.1) is 0 Å². The lowest BCUT2D eigenvalue weighted by Gasteiger charge is -2.11. The van der Waals surface area contributed by atoms with E-state index in [1.54, 1.807) is 30.3 Å². The largest absolute Gasteiger partial charge is 0.433 e. The fourth-order valence-corrected chi connectivity index (χ4v) is 1.61. The van der Waals surface area contributed by atoms with E-state index < -0.39 is 23.8 Å². The summed E-state index contributed by atoms with van der Waals surface area (Å²) in [6.45, 7) is 0. The van der Waals surface area contributed by atoms with Crippen molar-refractivity contribution in [2.75, 3.05) is 0 Å². The zero-order valence-electron chi connectivity index (χ0n) is 10.0. The first-order valence-corrected chi connectivity index (χ1v) is 5.49. The van der Waals surface area contributed by atoms with E-state index in [1.165, 1.54) is 6.07 Å². The fraction of sp³-hybridized carbons (Fsp3) is 0.0769. The van der Waals surface area contributed by atoms with Crippen LogP contribution in [0.5, 0.6) is 5.88 Å². The van der Waals surface area contributed by atoms with Gasteiger partial charge in [0.2, 0.25) is 5.88 Å². The maximum atomic E-state index is 12.6. The van der Waals surface area contributed by atoms with Gasteiger partial charge in [0, 0.05) is 5.56 Å². The molecule has 2 rings (SSSR count). The Morgan fingerprint density at radius 1 is 1.10 bits per heavy atom. The number of amides is 1. The molecule has 0 fully saturated rings. The molecular weight excluding hydrogens is 273 g/mol. The normalized spacial score (nSPS) is 11.2. The van der Waals surface area contributed by atoms with Crippen molar-refractivity contribution in [3.05, 3.63) is 48.2 Å². The van der Waals surface area contributed by atoms with Crippen LogP contribution in [-0.4, -0.2) is 11.1 Å². The van der Waals surface area contributed by atoms with Crippen LogP contribution in [0.15, 0.2) is 42.5 Å². The van der Waals surface area contributed by atoms with Crippen molar-refractivity contribution in [2.45, 2.75) is 6.18 Å². The number of carbonyl (C=O) groups excluding carboxylic acids is 1. The minimum Gasteiger partial charge on any atom is -0.391 e. The van der Waals surface area contributed by atoms with Crippen LogP contribution in [0.3, 0.4) is 0 Å².